The molecule has 1 fully saturated rings. The highest BCUT2D eigenvalue weighted by molar-refractivity contribution is 7.46. The van der Waals surface area contributed by atoms with Crippen molar-refractivity contribution in [2.24, 2.45) is 0 Å². The van der Waals surface area contributed by atoms with E-state index in [1.807, 2.05) is 0 Å². The number of phosphoric acid groups is 1. The fourth-order valence-electron chi connectivity index (χ4n) is 2.90. The van der Waals surface area contributed by atoms with Crippen molar-refractivity contribution in [3.05, 3.63) is 69.0 Å². The lowest BCUT2D eigenvalue weighted by atomic mass is 10.1. The maximum atomic E-state index is 12.8. The zero-order chi connectivity index (χ0) is 20.5. The molecule has 11 nitrogen and oxygen atoms in total. The first-order valence-electron chi connectivity index (χ1n) is 8.25. The van der Waals surface area contributed by atoms with Crippen LogP contribution in [-0.2, 0) is 20.4 Å². The van der Waals surface area contributed by atoms with E-state index in [9.17, 15) is 24.4 Å². The second kappa shape index (κ2) is 8.10. The van der Waals surface area contributed by atoms with E-state index in [4.69, 9.17) is 14.5 Å². The van der Waals surface area contributed by atoms with E-state index in [1.54, 1.807) is 30.3 Å². The lowest BCUT2D eigenvalue weighted by molar-refractivity contribution is -0.0548. The molecule has 3 rings (SSSR count). The maximum Gasteiger partial charge on any atom is 0.469 e. The fraction of sp³-hybridized carbons (Fsp3) is 0.375. The molecule has 1 aliphatic rings. The summed E-state index contributed by atoms with van der Waals surface area (Å²) in [6.45, 7) is -0.702. The summed E-state index contributed by atoms with van der Waals surface area (Å²) in [7, 11) is -4.81. The van der Waals surface area contributed by atoms with Gasteiger partial charge in [0.25, 0.3) is 5.56 Å². The van der Waals surface area contributed by atoms with Crippen LogP contribution in [0.3, 0.4) is 0 Å². The number of rotatable bonds is 6. The molecule has 1 aliphatic heterocycles. The summed E-state index contributed by atoms with van der Waals surface area (Å²) in [6.07, 6.45) is -4.66. The molecular weight excluding hydrogens is 395 g/mol. The molecule has 1 aromatic carbocycles. The quantitative estimate of drug-likeness (QED) is 0.425. The SMILES string of the molecule is O=c1ccn([C@@H]2O[C@H](COP(=O)(O)O)[C@H](O)[C@@H]2O)c(=O)n1Cc1ccccc1. The maximum absolute atomic E-state index is 12.8. The third-order valence-electron chi connectivity index (χ3n) is 4.30. The average molecular weight is 414 g/mol. The summed E-state index contributed by atoms with van der Waals surface area (Å²) in [5.74, 6) is 0. The van der Waals surface area contributed by atoms with Gasteiger partial charge in [0, 0.05) is 12.3 Å². The van der Waals surface area contributed by atoms with Crippen LogP contribution < -0.4 is 11.2 Å². The number of aromatic nitrogens is 2. The molecular formula is C16H19N2O9P. The molecule has 0 radical (unpaired) electrons. The third-order valence-corrected chi connectivity index (χ3v) is 4.78. The van der Waals surface area contributed by atoms with Crippen LogP contribution >= 0.6 is 7.82 Å². The van der Waals surface area contributed by atoms with Gasteiger partial charge in [0.15, 0.2) is 6.23 Å². The molecule has 0 bridgehead atoms. The van der Waals surface area contributed by atoms with E-state index in [2.05, 4.69) is 4.52 Å². The highest BCUT2D eigenvalue weighted by Gasteiger charge is 2.45. The molecule has 4 N–H and O–H groups in total. The summed E-state index contributed by atoms with van der Waals surface area (Å²) >= 11 is 0. The molecule has 1 saturated heterocycles. The van der Waals surface area contributed by atoms with E-state index in [-0.39, 0.29) is 6.54 Å². The van der Waals surface area contributed by atoms with Crippen LogP contribution in [0.15, 0.2) is 52.2 Å². The van der Waals surface area contributed by atoms with Crippen molar-refractivity contribution >= 4 is 7.82 Å². The number of hydrogen-bond acceptors (Lipinski definition) is 7. The Balaban J connectivity index is 1.87. The first kappa shape index (κ1) is 20.6. The minimum atomic E-state index is -4.81. The summed E-state index contributed by atoms with van der Waals surface area (Å²) in [4.78, 5) is 42.4. The molecule has 4 atom stereocenters. The van der Waals surface area contributed by atoms with Gasteiger partial charge in [0.05, 0.1) is 13.2 Å². The Hall–Kier alpha value is -2.11. The van der Waals surface area contributed by atoms with E-state index < -0.39 is 50.2 Å². The minimum Gasteiger partial charge on any atom is -0.387 e. The zero-order valence-corrected chi connectivity index (χ0v) is 15.3. The summed E-state index contributed by atoms with van der Waals surface area (Å²) < 4.78 is 22.4. The summed E-state index contributed by atoms with van der Waals surface area (Å²) in [6, 6.07) is 9.90. The van der Waals surface area contributed by atoms with Crippen molar-refractivity contribution in [3.63, 3.8) is 0 Å². The molecule has 152 valence electrons. The highest BCUT2D eigenvalue weighted by Crippen LogP contribution is 2.38. The molecule has 0 unspecified atom stereocenters. The van der Waals surface area contributed by atoms with Gasteiger partial charge in [-0.2, -0.15) is 0 Å². The van der Waals surface area contributed by atoms with Gasteiger partial charge in [-0.15, -0.1) is 0 Å². The second-order valence-corrected chi connectivity index (χ2v) is 7.49. The molecule has 2 heterocycles. The van der Waals surface area contributed by atoms with Gasteiger partial charge < -0.3 is 24.7 Å². The van der Waals surface area contributed by atoms with Crippen molar-refractivity contribution < 1.29 is 33.8 Å². The van der Waals surface area contributed by atoms with Gasteiger partial charge in [-0.25, -0.2) is 9.36 Å². The van der Waals surface area contributed by atoms with E-state index in [0.717, 1.165) is 21.4 Å². The molecule has 0 aliphatic carbocycles. The average Bonchev–Trinajstić information content (AvgIpc) is 2.92. The number of nitrogens with zero attached hydrogens (tertiary/aromatic N) is 2. The van der Waals surface area contributed by atoms with Crippen LogP contribution in [0.1, 0.15) is 11.8 Å². The van der Waals surface area contributed by atoms with Gasteiger partial charge >= 0.3 is 13.5 Å². The Morgan fingerprint density at radius 3 is 2.39 bits per heavy atom. The molecule has 12 heteroatoms. The highest BCUT2D eigenvalue weighted by atomic mass is 31.2. The lowest BCUT2D eigenvalue weighted by Gasteiger charge is -2.18. The summed E-state index contributed by atoms with van der Waals surface area (Å²) in [5.41, 5.74) is -0.621. The van der Waals surface area contributed by atoms with Crippen molar-refractivity contribution in [1.82, 2.24) is 9.13 Å². The number of phosphoric ester groups is 1. The number of ether oxygens (including phenoxy) is 1. The number of aliphatic hydroxyl groups is 2. The van der Waals surface area contributed by atoms with E-state index in [0.29, 0.717) is 5.56 Å². The van der Waals surface area contributed by atoms with Crippen LogP contribution in [0, 0.1) is 0 Å². The van der Waals surface area contributed by atoms with Crippen molar-refractivity contribution in [3.8, 4) is 0 Å². The third kappa shape index (κ3) is 4.47. The second-order valence-electron chi connectivity index (χ2n) is 6.25. The molecule has 0 saturated carbocycles. The van der Waals surface area contributed by atoms with Gasteiger partial charge in [0.2, 0.25) is 0 Å². The molecule has 0 spiro atoms. The Morgan fingerprint density at radius 2 is 1.75 bits per heavy atom. The largest absolute Gasteiger partial charge is 0.469 e. The predicted octanol–water partition coefficient (Wildman–Crippen LogP) is -1.21. The first-order valence-corrected chi connectivity index (χ1v) is 9.78. The first-order chi connectivity index (χ1) is 13.2. The monoisotopic (exact) mass is 414 g/mol. The van der Waals surface area contributed by atoms with Crippen LogP contribution in [0.5, 0.6) is 0 Å². The van der Waals surface area contributed by atoms with Gasteiger partial charge in [-0.1, -0.05) is 30.3 Å². The zero-order valence-electron chi connectivity index (χ0n) is 14.4. The lowest BCUT2D eigenvalue weighted by Crippen LogP contribution is -2.43. The van der Waals surface area contributed by atoms with E-state index >= 15 is 0 Å². The molecule has 0 amide bonds. The van der Waals surface area contributed by atoms with Crippen molar-refractivity contribution in [2.75, 3.05) is 6.61 Å². The Labute approximate surface area is 158 Å². The van der Waals surface area contributed by atoms with Crippen LogP contribution in [-0.4, -0.2) is 54.1 Å². The fourth-order valence-corrected chi connectivity index (χ4v) is 3.25. The summed E-state index contributed by atoms with van der Waals surface area (Å²) in [5, 5.41) is 20.3. The van der Waals surface area contributed by atoms with Crippen LogP contribution in [0.4, 0.5) is 0 Å². The van der Waals surface area contributed by atoms with Crippen molar-refractivity contribution in [2.45, 2.75) is 31.1 Å². The number of aliphatic hydroxyl groups excluding tert-OH is 2. The molecule has 2 aromatic rings. The molecule has 1 aromatic heterocycles. The molecule has 28 heavy (non-hydrogen) atoms. The van der Waals surface area contributed by atoms with E-state index in [1.165, 1.54) is 0 Å². The van der Waals surface area contributed by atoms with Gasteiger partial charge in [0.1, 0.15) is 18.3 Å². The van der Waals surface area contributed by atoms with Crippen LogP contribution in [0.25, 0.3) is 0 Å². The van der Waals surface area contributed by atoms with Crippen molar-refractivity contribution in [1.29, 1.82) is 0 Å². The van der Waals surface area contributed by atoms with Crippen LogP contribution in [0.2, 0.25) is 0 Å². The number of benzene rings is 1. The normalized spacial score (nSPS) is 25.1. The Kier molecular flexibility index (Phi) is 5.96. The topological polar surface area (TPSA) is 160 Å². The van der Waals surface area contributed by atoms with Gasteiger partial charge in [-0.3, -0.25) is 18.5 Å². The van der Waals surface area contributed by atoms with Gasteiger partial charge in [-0.05, 0) is 5.56 Å². The Morgan fingerprint density at radius 1 is 1.07 bits per heavy atom. The number of hydrogen-bond donors (Lipinski definition) is 4. The smallest absolute Gasteiger partial charge is 0.387 e. The Bertz CT molecular complexity index is 984. The standard InChI is InChI=1S/C16H19N2O9P/c19-12-6-7-17(16(22)18(12)8-10-4-2-1-3-5-10)15-14(21)13(20)11(27-15)9-26-28(23,24)25/h1-7,11,13-15,20-21H,8-9H2,(H2,23,24,25)/t11-,13+,14+,15-/m1/s1. The minimum absolute atomic E-state index is 0.00450. The predicted molar refractivity (Wildman–Crippen MR) is 94.4 cm³/mol.